The maximum atomic E-state index is 11.6. The number of carbonyl (C=O) groups excluding carboxylic acids is 2. The Hall–Kier alpha value is -2.69. The first-order valence-corrected chi connectivity index (χ1v) is 8.22. The van der Waals surface area contributed by atoms with Crippen LogP contribution in [-0.4, -0.2) is 70.0 Å². The molecule has 1 aliphatic heterocycles. The van der Waals surface area contributed by atoms with Crippen LogP contribution >= 0.6 is 0 Å². The van der Waals surface area contributed by atoms with Crippen molar-refractivity contribution in [3.8, 4) is 0 Å². The van der Waals surface area contributed by atoms with Crippen molar-refractivity contribution < 1.29 is 48.8 Å². The van der Waals surface area contributed by atoms with Gasteiger partial charge >= 0.3 is 23.9 Å². The Labute approximate surface area is 154 Å². The van der Waals surface area contributed by atoms with E-state index in [2.05, 4.69) is 5.32 Å². The lowest BCUT2D eigenvalue weighted by atomic mass is 9.73. The minimum Gasteiger partial charge on any atom is -0.481 e. The number of hydrogen-bond donors (Lipinski definition) is 4. The monoisotopic (exact) mass is 389 g/mol. The van der Waals surface area contributed by atoms with Crippen molar-refractivity contribution in [1.82, 2.24) is 5.32 Å². The Morgan fingerprint density at radius 3 is 1.81 bits per heavy atom. The molecule has 11 nitrogen and oxygen atoms in total. The number of aliphatic carboxylic acids is 3. The van der Waals surface area contributed by atoms with Gasteiger partial charge < -0.3 is 30.1 Å². The molecule has 0 aromatic heterocycles. The van der Waals surface area contributed by atoms with Crippen LogP contribution in [0.25, 0.3) is 0 Å². The second kappa shape index (κ2) is 9.86. The van der Waals surface area contributed by atoms with Gasteiger partial charge in [-0.15, -0.1) is 0 Å². The molecule has 1 fully saturated rings. The third-order valence-corrected chi connectivity index (χ3v) is 4.26. The van der Waals surface area contributed by atoms with Crippen LogP contribution in [0.15, 0.2) is 0 Å². The number of esters is 1. The van der Waals surface area contributed by atoms with Gasteiger partial charge in [-0.25, -0.2) is 0 Å². The maximum Gasteiger partial charge on any atom is 0.306 e. The van der Waals surface area contributed by atoms with Gasteiger partial charge in [-0.1, -0.05) is 0 Å². The molecule has 1 aliphatic rings. The van der Waals surface area contributed by atoms with Gasteiger partial charge in [0.1, 0.15) is 6.61 Å². The van der Waals surface area contributed by atoms with E-state index < -0.39 is 79.1 Å². The summed E-state index contributed by atoms with van der Waals surface area (Å²) in [6.07, 6.45) is -3.69. The van der Waals surface area contributed by atoms with Crippen LogP contribution < -0.4 is 5.32 Å². The molecule has 0 aliphatic carbocycles. The fourth-order valence-electron chi connectivity index (χ4n) is 3.34. The van der Waals surface area contributed by atoms with Crippen LogP contribution in [0.4, 0.5) is 0 Å². The smallest absolute Gasteiger partial charge is 0.306 e. The molecule has 0 aromatic rings. The van der Waals surface area contributed by atoms with E-state index in [1.165, 1.54) is 6.92 Å². The van der Waals surface area contributed by atoms with Crippen molar-refractivity contribution in [1.29, 1.82) is 0 Å². The van der Waals surface area contributed by atoms with Gasteiger partial charge in [0, 0.05) is 19.8 Å². The fraction of sp³-hybridized carbons (Fsp3) is 0.688. The normalized spacial score (nSPS) is 27.4. The van der Waals surface area contributed by atoms with Gasteiger partial charge in [-0.2, -0.15) is 0 Å². The summed E-state index contributed by atoms with van der Waals surface area (Å²) in [5.41, 5.74) is 0. The van der Waals surface area contributed by atoms with E-state index in [1.54, 1.807) is 0 Å². The van der Waals surface area contributed by atoms with Crippen LogP contribution in [0.5, 0.6) is 0 Å². The molecule has 0 aromatic carbocycles. The Morgan fingerprint density at radius 1 is 0.852 bits per heavy atom. The average molecular weight is 389 g/mol. The number of hydrogen-bond acceptors (Lipinski definition) is 7. The lowest BCUT2D eigenvalue weighted by Gasteiger charge is -2.46. The van der Waals surface area contributed by atoms with Gasteiger partial charge in [-0.05, 0) is 5.92 Å². The van der Waals surface area contributed by atoms with E-state index in [0.29, 0.717) is 0 Å². The lowest BCUT2D eigenvalue weighted by molar-refractivity contribution is -0.181. The lowest BCUT2D eigenvalue weighted by Crippen LogP contribution is -2.60. The first-order valence-electron chi connectivity index (χ1n) is 8.22. The highest BCUT2D eigenvalue weighted by Crippen LogP contribution is 2.37. The SMILES string of the molecule is CC(=O)N[C@@H]1[C@H](CC(=O)O)[C@@H](CC(=O)O)[C@H](COC(C)=O)O[C@H]1CC(=O)O. The second-order valence-corrected chi connectivity index (χ2v) is 6.36. The van der Waals surface area contributed by atoms with Crippen molar-refractivity contribution in [2.75, 3.05) is 6.61 Å². The van der Waals surface area contributed by atoms with E-state index in [4.69, 9.17) is 14.6 Å². The minimum atomic E-state index is -1.24. The van der Waals surface area contributed by atoms with Gasteiger partial charge in [0.15, 0.2) is 0 Å². The number of carbonyl (C=O) groups is 5. The molecule has 0 bridgehead atoms. The van der Waals surface area contributed by atoms with E-state index in [0.717, 1.165) is 6.92 Å². The summed E-state index contributed by atoms with van der Waals surface area (Å²) in [6, 6.07) is -1.02. The molecule has 0 unspecified atom stereocenters. The molecule has 4 N–H and O–H groups in total. The number of amides is 1. The number of nitrogens with one attached hydrogen (secondary N) is 1. The highest BCUT2D eigenvalue weighted by molar-refractivity contribution is 5.74. The summed E-state index contributed by atoms with van der Waals surface area (Å²) in [4.78, 5) is 56.4. The summed E-state index contributed by atoms with van der Waals surface area (Å²) >= 11 is 0. The molecule has 5 atom stereocenters. The molecule has 1 saturated heterocycles. The van der Waals surface area contributed by atoms with Crippen LogP contribution in [0, 0.1) is 11.8 Å². The summed E-state index contributed by atoms with van der Waals surface area (Å²) < 4.78 is 10.5. The van der Waals surface area contributed by atoms with Crippen molar-refractivity contribution in [3.63, 3.8) is 0 Å². The summed E-state index contributed by atoms with van der Waals surface area (Å²) in [6.45, 7) is 1.96. The second-order valence-electron chi connectivity index (χ2n) is 6.36. The predicted molar refractivity (Wildman–Crippen MR) is 86.6 cm³/mol. The highest BCUT2D eigenvalue weighted by atomic mass is 16.6. The van der Waals surface area contributed by atoms with E-state index in [9.17, 15) is 34.2 Å². The molecule has 0 spiro atoms. The Morgan fingerprint density at radius 2 is 1.37 bits per heavy atom. The van der Waals surface area contributed by atoms with Crippen LogP contribution in [-0.2, 0) is 33.4 Å². The number of ether oxygens (including phenoxy) is 2. The van der Waals surface area contributed by atoms with Crippen molar-refractivity contribution in [2.24, 2.45) is 11.8 Å². The highest BCUT2D eigenvalue weighted by Gasteiger charge is 2.48. The molecule has 1 amide bonds. The summed E-state index contributed by atoms with van der Waals surface area (Å²) in [7, 11) is 0. The minimum absolute atomic E-state index is 0.355. The van der Waals surface area contributed by atoms with E-state index in [-0.39, 0.29) is 6.61 Å². The summed E-state index contributed by atoms with van der Waals surface area (Å²) in [5.74, 6) is -6.76. The third-order valence-electron chi connectivity index (χ3n) is 4.26. The molecular formula is C16H23NO10. The molecule has 11 heteroatoms. The first kappa shape index (κ1) is 22.4. The van der Waals surface area contributed by atoms with Crippen molar-refractivity contribution in [2.45, 2.75) is 51.4 Å². The Bertz CT molecular complexity index is 604. The van der Waals surface area contributed by atoms with Crippen molar-refractivity contribution in [3.05, 3.63) is 0 Å². The van der Waals surface area contributed by atoms with Crippen LogP contribution in [0.3, 0.4) is 0 Å². The number of carboxylic acid groups (broad SMARTS) is 3. The first-order chi connectivity index (χ1) is 12.5. The fourth-order valence-corrected chi connectivity index (χ4v) is 3.34. The maximum absolute atomic E-state index is 11.6. The number of rotatable bonds is 9. The molecule has 0 radical (unpaired) electrons. The van der Waals surface area contributed by atoms with E-state index >= 15 is 0 Å². The zero-order valence-corrected chi connectivity index (χ0v) is 14.9. The number of carboxylic acids is 3. The molecule has 1 rings (SSSR count). The molecule has 1 heterocycles. The van der Waals surface area contributed by atoms with Crippen LogP contribution in [0.1, 0.15) is 33.1 Å². The van der Waals surface area contributed by atoms with E-state index in [1.807, 2.05) is 0 Å². The topological polar surface area (TPSA) is 177 Å². The third kappa shape index (κ3) is 7.21. The van der Waals surface area contributed by atoms with Crippen LogP contribution in [0.2, 0.25) is 0 Å². The standard InChI is InChI=1S/C16H23NO10/c1-7(18)17-16-10(4-14(22)23)9(3-13(20)21)12(6-26-8(2)19)27-11(16)5-15(24)25/h9-12,16H,3-6H2,1-2H3,(H,17,18)(H,20,21)(H,22,23)(H,24,25)/t9-,10-,11+,12+,16-/m1/s1. The Kier molecular flexibility index (Phi) is 8.16. The molecular weight excluding hydrogens is 366 g/mol. The molecule has 0 saturated carbocycles. The Balaban J connectivity index is 3.29. The quantitative estimate of drug-likeness (QED) is 0.375. The zero-order valence-electron chi connectivity index (χ0n) is 14.9. The van der Waals surface area contributed by atoms with Crippen molar-refractivity contribution >= 4 is 29.8 Å². The van der Waals surface area contributed by atoms with Gasteiger partial charge in [0.25, 0.3) is 0 Å². The predicted octanol–water partition coefficient (Wildman–Crippen LogP) is -0.522. The molecule has 152 valence electrons. The van der Waals surface area contributed by atoms with Gasteiger partial charge in [-0.3, -0.25) is 24.0 Å². The largest absolute Gasteiger partial charge is 0.481 e. The molecule has 27 heavy (non-hydrogen) atoms. The van der Waals surface area contributed by atoms with Gasteiger partial charge in [0.2, 0.25) is 5.91 Å². The van der Waals surface area contributed by atoms with Gasteiger partial charge in [0.05, 0.1) is 37.5 Å². The summed E-state index contributed by atoms with van der Waals surface area (Å²) in [5, 5.41) is 30.0. The zero-order chi connectivity index (χ0) is 20.7. The average Bonchev–Trinajstić information content (AvgIpc) is 2.49.